The van der Waals surface area contributed by atoms with E-state index in [1.54, 1.807) is 0 Å². The number of hydrogen-bond acceptors (Lipinski definition) is 2. The van der Waals surface area contributed by atoms with Crippen molar-refractivity contribution < 1.29 is 13.6 Å². The summed E-state index contributed by atoms with van der Waals surface area (Å²) in [4.78, 5) is 14.8. The third kappa shape index (κ3) is 2.36. The predicted octanol–water partition coefficient (Wildman–Crippen LogP) is 3.23. The number of carbonyl (C=O) groups excluding carboxylic acids is 1. The van der Waals surface area contributed by atoms with Crippen LogP contribution >= 0.6 is 0 Å². The molecule has 0 aliphatic rings. The number of aromatic nitrogens is 1. The van der Waals surface area contributed by atoms with Crippen molar-refractivity contribution in [3.05, 3.63) is 53.9 Å². The Bertz CT molecular complexity index is 581. The lowest BCUT2D eigenvalue weighted by Gasteiger charge is -2.05. The van der Waals surface area contributed by atoms with Crippen molar-refractivity contribution in [2.24, 2.45) is 0 Å². The normalized spacial score (nSPS) is 10.3. The number of ketones is 1. The Morgan fingerprint density at radius 2 is 1.94 bits per heavy atom. The van der Waals surface area contributed by atoms with Gasteiger partial charge in [0.1, 0.15) is 11.6 Å². The number of benzene rings is 1. The molecule has 0 saturated carbocycles. The van der Waals surface area contributed by atoms with Gasteiger partial charge >= 0.3 is 0 Å². The zero-order valence-corrected chi connectivity index (χ0v) is 9.08. The Kier molecular flexibility index (Phi) is 2.95. The first-order valence-corrected chi connectivity index (χ1v) is 4.99. The van der Waals surface area contributed by atoms with E-state index in [9.17, 15) is 13.6 Å². The summed E-state index contributed by atoms with van der Waals surface area (Å²) in [6, 6.07) is 5.16. The lowest BCUT2D eigenvalue weighted by molar-refractivity contribution is 0.101. The number of pyridine rings is 1. The van der Waals surface area contributed by atoms with Crippen LogP contribution in [0.1, 0.15) is 17.3 Å². The van der Waals surface area contributed by atoms with E-state index in [2.05, 4.69) is 4.98 Å². The molecule has 0 aliphatic heterocycles. The molecule has 1 aromatic carbocycles. The fraction of sp³-hybridized carbons (Fsp3) is 0.0769. The van der Waals surface area contributed by atoms with E-state index in [1.807, 2.05) is 0 Å². The zero-order chi connectivity index (χ0) is 12.4. The first-order chi connectivity index (χ1) is 8.08. The molecule has 2 rings (SSSR count). The number of halogens is 2. The second-order valence-corrected chi connectivity index (χ2v) is 3.64. The van der Waals surface area contributed by atoms with Crippen LogP contribution in [0, 0.1) is 11.6 Å². The number of hydrogen-bond donors (Lipinski definition) is 0. The van der Waals surface area contributed by atoms with Gasteiger partial charge in [-0.05, 0) is 31.2 Å². The van der Waals surface area contributed by atoms with Crippen LogP contribution in [0.25, 0.3) is 11.1 Å². The Labute approximate surface area is 96.9 Å². The largest absolute Gasteiger partial charge is 0.295 e. The van der Waals surface area contributed by atoms with Gasteiger partial charge in [-0.2, -0.15) is 0 Å². The summed E-state index contributed by atoms with van der Waals surface area (Å²) in [6.07, 6.45) is 2.39. The summed E-state index contributed by atoms with van der Waals surface area (Å²) in [5.74, 6) is -1.23. The number of nitrogens with zero attached hydrogens (tertiary/aromatic N) is 1. The van der Waals surface area contributed by atoms with Crippen LogP contribution in [0.4, 0.5) is 8.78 Å². The summed E-state index contributed by atoms with van der Waals surface area (Å²) < 4.78 is 26.6. The van der Waals surface area contributed by atoms with Crippen LogP contribution in [0.5, 0.6) is 0 Å². The van der Waals surface area contributed by atoms with E-state index < -0.39 is 11.6 Å². The molecule has 0 bridgehead atoms. The van der Waals surface area contributed by atoms with Crippen LogP contribution in [-0.2, 0) is 0 Å². The Balaban J connectivity index is 2.58. The van der Waals surface area contributed by atoms with Crippen molar-refractivity contribution in [2.45, 2.75) is 6.92 Å². The lowest BCUT2D eigenvalue weighted by Crippen LogP contribution is -1.95. The van der Waals surface area contributed by atoms with E-state index in [0.29, 0.717) is 11.1 Å². The second kappa shape index (κ2) is 4.41. The zero-order valence-electron chi connectivity index (χ0n) is 9.08. The summed E-state index contributed by atoms with van der Waals surface area (Å²) in [7, 11) is 0. The highest BCUT2D eigenvalue weighted by atomic mass is 19.1. The lowest BCUT2D eigenvalue weighted by atomic mass is 10.0. The number of rotatable bonds is 2. The molecule has 0 N–H and O–H groups in total. The molecule has 0 aliphatic carbocycles. The Morgan fingerprint density at radius 3 is 2.59 bits per heavy atom. The van der Waals surface area contributed by atoms with Crippen molar-refractivity contribution in [3.63, 3.8) is 0 Å². The quantitative estimate of drug-likeness (QED) is 0.745. The average Bonchev–Trinajstić information content (AvgIpc) is 2.29. The molecular weight excluding hydrogens is 224 g/mol. The minimum atomic E-state index is -0.546. The van der Waals surface area contributed by atoms with Crippen LogP contribution in [0.15, 0.2) is 36.7 Å². The molecule has 0 saturated heterocycles. The second-order valence-electron chi connectivity index (χ2n) is 3.64. The molecular formula is C13H9F2NO. The molecule has 0 unspecified atom stereocenters. The molecule has 2 aromatic rings. The molecule has 0 radical (unpaired) electrons. The SMILES string of the molecule is CC(=O)c1ccc(F)c(-c2cncc(F)c2)c1. The summed E-state index contributed by atoms with van der Waals surface area (Å²) >= 11 is 0. The van der Waals surface area contributed by atoms with Crippen LogP contribution < -0.4 is 0 Å². The van der Waals surface area contributed by atoms with Gasteiger partial charge in [0.05, 0.1) is 6.20 Å². The predicted molar refractivity (Wildman–Crippen MR) is 59.6 cm³/mol. The maximum absolute atomic E-state index is 13.6. The van der Waals surface area contributed by atoms with Crippen LogP contribution in [0.3, 0.4) is 0 Å². The highest BCUT2D eigenvalue weighted by Crippen LogP contribution is 2.24. The Morgan fingerprint density at radius 1 is 1.18 bits per heavy atom. The number of carbonyl (C=O) groups is 1. The average molecular weight is 233 g/mol. The molecule has 0 amide bonds. The van der Waals surface area contributed by atoms with Crippen molar-refractivity contribution in [2.75, 3.05) is 0 Å². The van der Waals surface area contributed by atoms with Gasteiger partial charge in [-0.3, -0.25) is 9.78 Å². The third-order valence-electron chi connectivity index (χ3n) is 2.39. The first kappa shape index (κ1) is 11.4. The van der Waals surface area contributed by atoms with Crippen molar-refractivity contribution in [1.29, 1.82) is 0 Å². The summed E-state index contributed by atoms with van der Waals surface area (Å²) in [6.45, 7) is 1.39. The van der Waals surface area contributed by atoms with Crippen molar-refractivity contribution >= 4 is 5.78 Å². The molecule has 0 spiro atoms. The number of Topliss-reactive ketones (excluding diaryl/α,β-unsaturated/α-hetero) is 1. The highest BCUT2D eigenvalue weighted by Gasteiger charge is 2.09. The monoisotopic (exact) mass is 233 g/mol. The maximum Gasteiger partial charge on any atom is 0.159 e. The fourth-order valence-electron chi connectivity index (χ4n) is 1.52. The van der Waals surface area contributed by atoms with Crippen LogP contribution in [-0.4, -0.2) is 10.8 Å². The third-order valence-corrected chi connectivity index (χ3v) is 2.39. The Hall–Kier alpha value is -2.10. The first-order valence-electron chi connectivity index (χ1n) is 4.99. The molecule has 17 heavy (non-hydrogen) atoms. The fourth-order valence-corrected chi connectivity index (χ4v) is 1.52. The van der Waals surface area contributed by atoms with Crippen molar-refractivity contribution in [3.8, 4) is 11.1 Å². The van der Waals surface area contributed by atoms with Gasteiger partial charge < -0.3 is 0 Å². The molecule has 0 fully saturated rings. The van der Waals surface area contributed by atoms with E-state index in [1.165, 1.54) is 37.4 Å². The van der Waals surface area contributed by atoms with E-state index in [-0.39, 0.29) is 11.3 Å². The summed E-state index contributed by atoms with van der Waals surface area (Å²) in [5, 5.41) is 0. The van der Waals surface area contributed by atoms with Gasteiger partial charge in [-0.1, -0.05) is 0 Å². The minimum Gasteiger partial charge on any atom is -0.295 e. The molecule has 86 valence electrons. The molecule has 2 nitrogen and oxygen atoms in total. The van der Waals surface area contributed by atoms with E-state index >= 15 is 0 Å². The van der Waals surface area contributed by atoms with E-state index in [4.69, 9.17) is 0 Å². The molecule has 0 atom stereocenters. The van der Waals surface area contributed by atoms with Gasteiger partial charge in [-0.25, -0.2) is 8.78 Å². The maximum atomic E-state index is 13.6. The van der Waals surface area contributed by atoms with Crippen molar-refractivity contribution in [1.82, 2.24) is 4.98 Å². The molecule has 1 aromatic heterocycles. The van der Waals surface area contributed by atoms with Gasteiger partial charge in [0.25, 0.3) is 0 Å². The molecule has 1 heterocycles. The van der Waals surface area contributed by atoms with E-state index in [0.717, 1.165) is 6.20 Å². The topological polar surface area (TPSA) is 30.0 Å². The molecule has 4 heteroatoms. The van der Waals surface area contributed by atoms with Gasteiger partial charge in [0.15, 0.2) is 5.78 Å². The van der Waals surface area contributed by atoms with Gasteiger partial charge in [0, 0.05) is 22.9 Å². The minimum absolute atomic E-state index is 0.171. The van der Waals surface area contributed by atoms with Gasteiger partial charge in [0.2, 0.25) is 0 Å². The highest BCUT2D eigenvalue weighted by molar-refractivity contribution is 5.95. The summed E-state index contributed by atoms with van der Waals surface area (Å²) in [5.41, 5.74) is 0.862. The van der Waals surface area contributed by atoms with Gasteiger partial charge in [-0.15, -0.1) is 0 Å². The van der Waals surface area contributed by atoms with Crippen LogP contribution in [0.2, 0.25) is 0 Å². The smallest absolute Gasteiger partial charge is 0.159 e. The standard InChI is InChI=1S/C13H9F2NO/c1-8(17)9-2-3-13(15)12(5-9)10-4-11(14)7-16-6-10/h2-7H,1H3.